The van der Waals surface area contributed by atoms with Gasteiger partial charge in [0.05, 0.1) is 0 Å². The molecule has 1 aliphatic heterocycles. The van der Waals surface area contributed by atoms with Gasteiger partial charge in [-0.2, -0.15) is 0 Å². The molecule has 1 saturated heterocycles. The van der Waals surface area contributed by atoms with Crippen molar-refractivity contribution in [3.63, 3.8) is 0 Å². The van der Waals surface area contributed by atoms with Crippen LogP contribution in [-0.2, 0) is 4.79 Å². The molecule has 0 aromatic heterocycles. The van der Waals surface area contributed by atoms with Crippen molar-refractivity contribution in [1.82, 2.24) is 5.32 Å². The number of ketones is 1. The Morgan fingerprint density at radius 3 is 2.92 bits per heavy atom. The van der Waals surface area contributed by atoms with Crippen LogP contribution in [0.5, 0.6) is 0 Å². The Balaban J connectivity index is 2.65. The first-order valence-electron chi connectivity index (χ1n) is 5.10. The maximum absolute atomic E-state index is 11.8. The summed E-state index contributed by atoms with van der Waals surface area (Å²) in [7, 11) is 0. The molecule has 0 aromatic carbocycles. The van der Waals surface area contributed by atoms with Crippen LogP contribution in [0, 0.1) is 5.41 Å². The standard InChI is InChI=1S/C11H19NO/c1-3-5-10(13)11(6-4-2)7-8-12-9-11/h3,12H,1,4-9H2,2H3. The highest BCUT2D eigenvalue weighted by molar-refractivity contribution is 5.86. The van der Waals surface area contributed by atoms with E-state index in [0.717, 1.165) is 32.4 Å². The molecule has 0 aromatic rings. The smallest absolute Gasteiger partial charge is 0.144 e. The first-order chi connectivity index (χ1) is 6.25. The summed E-state index contributed by atoms with van der Waals surface area (Å²) in [4.78, 5) is 11.8. The minimum absolute atomic E-state index is 0.0665. The van der Waals surface area contributed by atoms with Crippen LogP contribution in [0.25, 0.3) is 0 Å². The molecule has 1 fully saturated rings. The van der Waals surface area contributed by atoms with Crippen molar-refractivity contribution < 1.29 is 4.79 Å². The Labute approximate surface area is 80.4 Å². The topological polar surface area (TPSA) is 29.1 Å². The van der Waals surface area contributed by atoms with Crippen LogP contribution < -0.4 is 5.32 Å². The molecule has 2 heteroatoms. The van der Waals surface area contributed by atoms with Crippen LogP contribution in [0.4, 0.5) is 0 Å². The van der Waals surface area contributed by atoms with Gasteiger partial charge in [0.2, 0.25) is 0 Å². The van der Waals surface area contributed by atoms with E-state index in [2.05, 4.69) is 18.8 Å². The van der Waals surface area contributed by atoms with E-state index in [4.69, 9.17) is 0 Å². The van der Waals surface area contributed by atoms with E-state index in [1.165, 1.54) is 0 Å². The fourth-order valence-electron chi connectivity index (χ4n) is 2.16. The summed E-state index contributed by atoms with van der Waals surface area (Å²) in [5.74, 6) is 0.370. The number of carbonyl (C=O) groups excluding carboxylic acids is 1. The second-order valence-corrected chi connectivity index (χ2v) is 3.87. The Morgan fingerprint density at radius 2 is 2.46 bits per heavy atom. The van der Waals surface area contributed by atoms with Gasteiger partial charge in [0, 0.05) is 18.4 Å². The van der Waals surface area contributed by atoms with Gasteiger partial charge in [-0.25, -0.2) is 0 Å². The Morgan fingerprint density at radius 1 is 1.69 bits per heavy atom. The summed E-state index contributed by atoms with van der Waals surface area (Å²) >= 11 is 0. The van der Waals surface area contributed by atoms with Crippen molar-refractivity contribution in [2.75, 3.05) is 13.1 Å². The molecule has 1 rings (SSSR count). The van der Waals surface area contributed by atoms with Gasteiger partial charge in [0.15, 0.2) is 0 Å². The predicted octanol–water partition coefficient (Wildman–Crippen LogP) is 1.91. The van der Waals surface area contributed by atoms with Crippen LogP contribution in [0.2, 0.25) is 0 Å². The molecule has 0 amide bonds. The molecule has 1 aliphatic rings. The number of carbonyl (C=O) groups is 1. The zero-order chi connectivity index (χ0) is 9.73. The van der Waals surface area contributed by atoms with Crippen LogP contribution in [-0.4, -0.2) is 18.9 Å². The van der Waals surface area contributed by atoms with E-state index >= 15 is 0 Å². The summed E-state index contributed by atoms with van der Waals surface area (Å²) in [5, 5.41) is 3.28. The molecule has 74 valence electrons. The molecule has 0 radical (unpaired) electrons. The molecule has 0 saturated carbocycles. The number of hydrogen-bond acceptors (Lipinski definition) is 2. The van der Waals surface area contributed by atoms with E-state index in [0.29, 0.717) is 12.2 Å². The van der Waals surface area contributed by atoms with Crippen molar-refractivity contribution >= 4 is 5.78 Å². The molecule has 0 spiro atoms. The summed E-state index contributed by atoms with van der Waals surface area (Å²) in [6.45, 7) is 7.62. The van der Waals surface area contributed by atoms with E-state index < -0.39 is 0 Å². The third-order valence-electron chi connectivity index (χ3n) is 2.89. The zero-order valence-electron chi connectivity index (χ0n) is 8.44. The first-order valence-corrected chi connectivity index (χ1v) is 5.10. The maximum atomic E-state index is 11.8. The van der Waals surface area contributed by atoms with Crippen LogP contribution in [0.3, 0.4) is 0 Å². The van der Waals surface area contributed by atoms with E-state index in [-0.39, 0.29) is 5.41 Å². The fraction of sp³-hybridized carbons (Fsp3) is 0.727. The molecule has 2 nitrogen and oxygen atoms in total. The number of rotatable bonds is 5. The highest BCUT2D eigenvalue weighted by Crippen LogP contribution is 2.33. The Bertz CT molecular complexity index is 192. The van der Waals surface area contributed by atoms with Gasteiger partial charge in [-0.1, -0.05) is 19.4 Å². The monoisotopic (exact) mass is 181 g/mol. The lowest BCUT2D eigenvalue weighted by Crippen LogP contribution is -2.33. The average Bonchev–Trinajstić information content (AvgIpc) is 2.55. The van der Waals surface area contributed by atoms with Gasteiger partial charge < -0.3 is 5.32 Å². The third-order valence-corrected chi connectivity index (χ3v) is 2.89. The zero-order valence-corrected chi connectivity index (χ0v) is 8.44. The lowest BCUT2D eigenvalue weighted by molar-refractivity contribution is -0.127. The normalized spacial score (nSPS) is 27.5. The summed E-state index contributed by atoms with van der Waals surface area (Å²) < 4.78 is 0. The Kier molecular flexibility index (Phi) is 3.67. The number of allylic oxidation sites excluding steroid dienone is 1. The Hall–Kier alpha value is -0.630. The van der Waals surface area contributed by atoms with Crippen molar-refractivity contribution in [2.24, 2.45) is 5.41 Å². The van der Waals surface area contributed by atoms with E-state index in [1.807, 2.05) is 0 Å². The van der Waals surface area contributed by atoms with Crippen molar-refractivity contribution in [2.45, 2.75) is 32.6 Å². The third kappa shape index (κ3) is 2.19. The second-order valence-electron chi connectivity index (χ2n) is 3.87. The summed E-state index contributed by atoms with van der Waals surface area (Å²) in [6.07, 6.45) is 5.37. The molecule has 13 heavy (non-hydrogen) atoms. The minimum Gasteiger partial charge on any atom is -0.316 e. The molecule has 1 heterocycles. The van der Waals surface area contributed by atoms with Crippen LogP contribution in [0.1, 0.15) is 32.6 Å². The van der Waals surface area contributed by atoms with Gasteiger partial charge >= 0.3 is 0 Å². The van der Waals surface area contributed by atoms with Gasteiger partial charge in [0.1, 0.15) is 5.78 Å². The number of Topliss-reactive ketones (excluding diaryl/α,β-unsaturated/α-hetero) is 1. The number of hydrogen-bond donors (Lipinski definition) is 1. The highest BCUT2D eigenvalue weighted by atomic mass is 16.1. The predicted molar refractivity (Wildman–Crippen MR) is 54.6 cm³/mol. The maximum Gasteiger partial charge on any atom is 0.144 e. The molecule has 1 atom stereocenters. The molecular formula is C11H19NO. The van der Waals surface area contributed by atoms with Crippen molar-refractivity contribution in [3.8, 4) is 0 Å². The molecule has 0 bridgehead atoms. The van der Waals surface area contributed by atoms with Crippen LogP contribution >= 0.6 is 0 Å². The van der Waals surface area contributed by atoms with Crippen LogP contribution in [0.15, 0.2) is 12.7 Å². The largest absolute Gasteiger partial charge is 0.316 e. The van der Waals surface area contributed by atoms with Gasteiger partial charge in [-0.3, -0.25) is 4.79 Å². The second kappa shape index (κ2) is 4.56. The molecule has 0 aliphatic carbocycles. The summed E-state index contributed by atoms with van der Waals surface area (Å²) in [6, 6.07) is 0. The van der Waals surface area contributed by atoms with E-state index in [9.17, 15) is 4.79 Å². The molecule has 1 unspecified atom stereocenters. The minimum atomic E-state index is -0.0665. The quantitative estimate of drug-likeness (QED) is 0.656. The number of nitrogens with one attached hydrogen (secondary N) is 1. The SMILES string of the molecule is C=CCC(=O)C1(CCC)CCNC1. The molecule has 1 N–H and O–H groups in total. The molecular weight excluding hydrogens is 162 g/mol. The lowest BCUT2D eigenvalue weighted by Gasteiger charge is -2.25. The van der Waals surface area contributed by atoms with Gasteiger partial charge in [-0.05, 0) is 19.4 Å². The first kappa shape index (κ1) is 10.5. The lowest BCUT2D eigenvalue weighted by atomic mass is 9.77. The average molecular weight is 181 g/mol. The van der Waals surface area contributed by atoms with E-state index in [1.54, 1.807) is 6.08 Å². The fourth-order valence-corrected chi connectivity index (χ4v) is 2.16. The highest BCUT2D eigenvalue weighted by Gasteiger charge is 2.38. The van der Waals surface area contributed by atoms with Gasteiger partial charge in [0.25, 0.3) is 0 Å². The van der Waals surface area contributed by atoms with Crippen molar-refractivity contribution in [1.29, 1.82) is 0 Å². The summed E-state index contributed by atoms with van der Waals surface area (Å²) in [5.41, 5.74) is -0.0665. The van der Waals surface area contributed by atoms with Crippen molar-refractivity contribution in [3.05, 3.63) is 12.7 Å². The van der Waals surface area contributed by atoms with Gasteiger partial charge in [-0.15, -0.1) is 6.58 Å².